The Morgan fingerprint density at radius 2 is 1.78 bits per heavy atom. The van der Waals surface area contributed by atoms with Gasteiger partial charge >= 0.3 is 6.09 Å². The summed E-state index contributed by atoms with van der Waals surface area (Å²) >= 11 is 0. The number of para-hydroxylation sites is 1. The van der Waals surface area contributed by atoms with Crippen LogP contribution >= 0.6 is 0 Å². The van der Waals surface area contributed by atoms with Crippen molar-refractivity contribution in [2.75, 3.05) is 33.4 Å². The molecule has 0 bridgehead atoms. The predicted molar refractivity (Wildman–Crippen MR) is 169 cm³/mol. The number of nitrogens with zero attached hydrogens (tertiary/aromatic N) is 4. The number of aliphatic hydroxyl groups is 1. The van der Waals surface area contributed by atoms with Crippen LogP contribution in [-0.4, -0.2) is 76.1 Å². The lowest BCUT2D eigenvalue weighted by Gasteiger charge is -2.18. The van der Waals surface area contributed by atoms with Crippen molar-refractivity contribution in [3.05, 3.63) is 103 Å². The number of ether oxygens (including phenoxy) is 4. The molecular weight excluding hydrogens is 572 g/mol. The molecule has 4 heterocycles. The number of aromatic nitrogens is 3. The van der Waals surface area contributed by atoms with Crippen molar-refractivity contribution in [2.45, 2.75) is 18.8 Å². The van der Waals surface area contributed by atoms with Crippen LogP contribution in [0.25, 0.3) is 38.7 Å². The summed E-state index contributed by atoms with van der Waals surface area (Å²) in [7, 11) is 1.64. The number of imidazole rings is 1. The molecule has 1 aliphatic rings. The predicted octanol–water partition coefficient (Wildman–Crippen LogP) is 5.49. The molecule has 3 aromatic heterocycles. The number of pyridine rings is 2. The topological polar surface area (TPSA) is 108 Å². The summed E-state index contributed by atoms with van der Waals surface area (Å²) in [5, 5.41) is 13.9. The Morgan fingerprint density at radius 3 is 2.67 bits per heavy atom. The van der Waals surface area contributed by atoms with Gasteiger partial charge in [0.1, 0.15) is 48.1 Å². The first-order valence-electron chi connectivity index (χ1n) is 14.8. The van der Waals surface area contributed by atoms with Gasteiger partial charge in [-0.1, -0.05) is 54.6 Å². The van der Waals surface area contributed by atoms with Crippen molar-refractivity contribution in [1.82, 2.24) is 19.3 Å². The Hall–Kier alpha value is -5.19. The van der Waals surface area contributed by atoms with Gasteiger partial charge in [0.25, 0.3) is 0 Å². The lowest BCUT2D eigenvalue weighted by molar-refractivity contribution is 0.0744. The van der Waals surface area contributed by atoms with Gasteiger partial charge in [0.05, 0.1) is 37.3 Å². The molecule has 1 fully saturated rings. The first-order chi connectivity index (χ1) is 22.1. The third-order valence-corrected chi connectivity index (χ3v) is 7.94. The Morgan fingerprint density at radius 1 is 0.933 bits per heavy atom. The number of β-amino-alcohol motifs (C(OH)–C–C–N with tert-alkyl or cyclic N) is 1. The number of likely N-dealkylation sites (tertiary alicyclic amines) is 1. The van der Waals surface area contributed by atoms with E-state index in [1.165, 1.54) is 4.90 Å². The van der Waals surface area contributed by atoms with Crippen molar-refractivity contribution in [3.63, 3.8) is 0 Å². The Kier molecular flexibility index (Phi) is 7.89. The van der Waals surface area contributed by atoms with Gasteiger partial charge in [0.2, 0.25) is 0 Å². The fraction of sp³-hybridized carbons (Fsp3) is 0.229. The van der Waals surface area contributed by atoms with Crippen molar-refractivity contribution in [3.8, 4) is 22.9 Å². The first-order valence-corrected chi connectivity index (χ1v) is 14.8. The van der Waals surface area contributed by atoms with Crippen molar-refractivity contribution in [2.24, 2.45) is 0 Å². The van der Waals surface area contributed by atoms with E-state index in [0.717, 1.165) is 33.1 Å². The van der Waals surface area contributed by atoms with Crippen molar-refractivity contribution < 1.29 is 28.8 Å². The van der Waals surface area contributed by atoms with E-state index in [2.05, 4.69) is 4.98 Å². The van der Waals surface area contributed by atoms with Gasteiger partial charge in [-0.25, -0.2) is 14.8 Å². The fourth-order valence-electron chi connectivity index (χ4n) is 5.59. The second kappa shape index (κ2) is 12.4. The second-order valence-corrected chi connectivity index (χ2v) is 11.0. The van der Waals surface area contributed by atoms with E-state index in [4.69, 9.17) is 23.9 Å². The Labute approximate surface area is 259 Å². The molecule has 1 N–H and O–H groups in total. The number of aliphatic hydroxyl groups excluding tert-OH is 1. The van der Waals surface area contributed by atoms with Crippen LogP contribution in [0.3, 0.4) is 0 Å². The highest BCUT2D eigenvalue weighted by atomic mass is 16.6. The number of rotatable bonds is 9. The number of methoxy groups -OCH3 is 1. The molecule has 1 saturated heterocycles. The highest BCUT2D eigenvalue weighted by Crippen LogP contribution is 2.30. The molecule has 10 nitrogen and oxygen atoms in total. The van der Waals surface area contributed by atoms with Crippen molar-refractivity contribution in [1.29, 1.82) is 0 Å². The van der Waals surface area contributed by atoms with E-state index >= 15 is 0 Å². The Balaban J connectivity index is 1.05. The molecule has 0 radical (unpaired) electrons. The highest BCUT2D eigenvalue weighted by Gasteiger charge is 2.37. The second-order valence-electron chi connectivity index (χ2n) is 11.0. The maximum atomic E-state index is 12.9. The zero-order valence-electron chi connectivity index (χ0n) is 24.7. The van der Waals surface area contributed by atoms with Gasteiger partial charge in [0.15, 0.2) is 0 Å². The van der Waals surface area contributed by atoms with E-state index in [1.54, 1.807) is 13.3 Å². The molecule has 2 atom stereocenters. The van der Waals surface area contributed by atoms with Crippen LogP contribution < -0.4 is 9.47 Å². The number of amides is 1. The number of fused-ring (bicyclic) bond motifs is 3. The summed E-state index contributed by atoms with van der Waals surface area (Å²) in [5.74, 6) is 1.23. The highest BCUT2D eigenvalue weighted by molar-refractivity contribution is 5.87. The van der Waals surface area contributed by atoms with Gasteiger partial charge in [0, 0.05) is 24.8 Å². The molecular formula is C35H32N4O6. The fourth-order valence-corrected chi connectivity index (χ4v) is 5.59. The molecule has 10 heteroatoms. The van der Waals surface area contributed by atoms with Crippen LogP contribution in [0.1, 0.15) is 5.56 Å². The van der Waals surface area contributed by atoms with E-state index in [1.807, 2.05) is 95.5 Å². The maximum absolute atomic E-state index is 12.9. The molecule has 0 unspecified atom stereocenters. The van der Waals surface area contributed by atoms with Gasteiger partial charge in [-0.3, -0.25) is 4.40 Å². The van der Waals surface area contributed by atoms with Crippen LogP contribution in [0.5, 0.6) is 11.5 Å². The lowest BCUT2D eigenvalue weighted by Crippen LogP contribution is -2.31. The standard InChI is InChI=1S/C35H32N4O6/c1-42-15-16-43-27-13-14-39-29(19-36-33(39)18-27)28-12-11-25-7-4-8-31(34(25)37-28)45-32-21-38(20-30(32)40)35(41)44-22-23-9-10-24-5-2-3-6-26(24)17-23/h2-14,17-19,30,32,40H,15-16,20-22H2,1H3/t30-,32-/m0/s1. The van der Waals surface area contributed by atoms with Crippen LogP contribution in [0.15, 0.2) is 97.3 Å². The molecule has 0 aliphatic carbocycles. The summed E-state index contributed by atoms with van der Waals surface area (Å²) in [4.78, 5) is 23.9. The summed E-state index contributed by atoms with van der Waals surface area (Å²) in [6.07, 6.45) is 1.66. The quantitative estimate of drug-likeness (QED) is 0.216. The third-order valence-electron chi connectivity index (χ3n) is 7.94. The summed E-state index contributed by atoms with van der Waals surface area (Å²) < 4.78 is 24.6. The molecule has 6 aromatic rings. The Bertz CT molecular complexity index is 1990. The van der Waals surface area contributed by atoms with Crippen LogP contribution in [0.2, 0.25) is 0 Å². The molecule has 1 aliphatic heterocycles. The first kappa shape index (κ1) is 28.6. The summed E-state index contributed by atoms with van der Waals surface area (Å²) in [6.45, 7) is 1.40. The number of benzene rings is 3. The minimum absolute atomic E-state index is 0.115. The molecule has 7 rings (SSSR count). The van der Waals surface area contributed by atoms with Gasteiger partial charge in [-0.2, -0.15) is 0 Å². The van der Waals surface area contributed by atoms with Crippen LogP contribution in [0.4, 0.5) is 4.79 Å². The normalized spacial score (nSPS) is 16.4. The van der Waals surface area contributed by atoms with Crippen LogP contribution in [0, 0.1) is 0 Å². The van der Waals surface area contributed by atoms with Crippen LogP contribution in [-0.2, 0) is 16.1 Å². The molecule has 1 amide bonds. The zero-order valence-corrected chi connectivity index (χ0v) is 24.7. The van der Waals surface area contributed by atoms with E-state index in [-0.39, 0.29) is 19.7 Å². The number of carbonyl (C=O) groups excluding carboxylic acids is 1. The average Bonchev–Trinajstić information content (AvgIpc) is 3.66. The number of hydrogen-bond acceptors (Lipinski definition) is 8. The maximum Gasteiger partial charge on any atom is 0.410 e. The van der Waals surface area contributed by atoms with E-state index < -0.39 is 18.3 Å². The van der Waals surface area contributed by atoms with Gasteiger partial charge in [-0.15, -0.1) is 0 Å². The largest absolute Gasteiger partial charge is 0.491 e. The minimum Gasteiger partial charge on any atom is -0.491 e. The average molecular weight is 605 g/mol. The van der Waals surface area contributed by atoms with E-state index in [9.17, 15) is 9.90 Å². The SMILES string of the molecule is COCCOc1ccn2c(-c3ccc4cccc(O[C@H]5CN(C(=O)OCc6ccc7ccccc7c6)C[C@@H]5O)c4n3)cnc2c1. The number of carbonyl (C=O) groups is 1. The minimum atomic E-state index is -0.879. The summed E-state index contributed by atoms with van der Waals surface area (Å²) in [5.41, 5.74) is 3.80. The van der Waals surface area contributed by atoms with E-state index in [0.29, 0.717) is 35.9 Å². The monoisotopic (exact) mass is 604 g/mol. The zero-order chi connectivity index (χ0) is 30.8. The van der Waals surface area contributed by atoms with Gasteiger partial charge in [-0.05, 0) is 40.6 Å². The summed E-state index contributed by atoms with van der Waals surface area (Å²) in [6, 6.07) is 27.3. The molecule has 0 saturated carbocycles. The molecule has 228 valence electrons. The molecule has 45 heavy (non-hydrogen) atoms. The third kappa shape index (κ3) is 5.98. The molecule has 3 aromatic carbocycles. The number of hydrogen-bond donors (Lipinski definition) is 1. The van der Waals surface area contributed by atoms with Crippen molar-refractivity contribution >= 4 is 33.4 Å². The van der Waals surface area contributed by atoms with Gasteiger partial charge < -0.3 is 29.0 Å². The lowest BCUT2D eigenvalue weighted by atomic mass is 10.1. The smallest absolute Gasteiger partial charge is 0.410 e. The molecule has 0 spiro atoms.